The normalized spacial score (nSPS) is 15.3. The molecule has 0 radical (unpaired) electrons. The van der Waals surface area contributed by atoms with Gasteiger partial charge >= 0.3 is 5.97 Å². The third-order valence-corrected chi connectivity index (χ3v) is 6.03. The Hall–Kier alpha value is -2.97. The van der Waals surface area contributed by atoms with Gasteiger partial charge in [-0.1, -0.05) is 26.0 Å². The van der Waals surface area contributed by atoms with Crippen LogP contribution in [0.5, 0.6) is 5.75 Å². The first kappa shape index (κ1) is 20.0. The highest BCUT2D eigenvalue weighted by molar-refractivity contribution is 6.00. The van der Waals surface area contributed by atoms with Crippen molar-refractivity contribution >= 4 is 33.7 Å². The smallest absolute Gasteiger partial charge is 0.310 e. The van der Waals surface area contributed by atoms with Gasteiger partial charge in [0.15, 0.2) is 11.4 Å². The fourth-order valence-corrected chi connectivity index (χ4v) is 4.35. The second-order valence-corrected chi connectivity index (χ2v) is 7.97. The lowest BCUT2D eigenvalue weighted by atomic mass is 10.3. The molecule has 0 bridgehead atoms. The van der Waals surface area contributed by atoms with Crippen molar-refractivity contribution in [2.24, 2.45) is 0 Å². The van der Waals surface area contributed by atoms with Crippen molar-refractivity contribution in [2.45, 2.75) is 33.2 Å². The first-order valence-corrected chi connectivity index (χ1v) is 11.1. The van der Waals surface area contributed by atoms with Gasteiger partial charge < -0.3 is 18.9 Å². The molecule has 0 saturated carbocycles. The maximum atomic E-state index is 12.2. The number of para-hydroxylation sites is 2. The SMILES string of the molecule is CCC(=O)Oc1cn(CC[NH+]2CCOCC2)c2nc(CC)n3c4ccccc4nc3c12. The summed E-state index contributed by atoms with van der Waals surface area (Å²) < 4.78 is 15.4. The van der Waals surface area contributed by atoms with E-state index >= 15 is 0 Å². The van der Waals surface area contributed by atoms with E-state index in [1.165, 1.54) is 4.90 Å². The Labute approximate surface area is 180 Å². The molecule has 1 aromatic carbocycles. The first-order valence-electron chi connectivity index (χ1n) is 11.1. The molecule has 1 aliphatic heterocycles. The lowest BCUT2D eigenvalue weighted by Gasteiger charge is -2.23. The molecule has 1 saturated heterocycles. The lowest BCUT2D eigenvalue weighted by Crippen LogP contribution is -3.14. The minimum Gasteiger partial charge on any atom is -0.424 e. The van der Waals surface area contributed by atoms with Gasteiger partial charge in [0.1, 0.15) is 29.9 Å². The summed E-state index contributed by atoms with van der Waals surface area (Å²) in [5.41, 5.74) is 3.54. The fourth-order valence-electron chi connectivity index (χ4n) is 4.35. The summed E-state index contributed by atoms with van der Waals surface area (Å²) in [6.07, 6.45) is 3.01. The van der Waals surface area contributed by atoms with Gasteiger partial charge in [0.05, 0.1) is 37.3 Å². The number of morpholine rings is 1. The van der Waals surface area contributed by atoms with Crippen LogP contribution < -0.4 is 9.64 Å². The average Bonchev–Trinajstić information content (AvgIpc) is 3.36. The molecule has 0 aliphatic carbocycles. The first-order chi connectivity index (χ1) is 15.2. The van der Waals surface area contributed by atoms with E-state index in [1.54, 1.807) is 6.92 Å². The van der Waals surface area contributed by atoms with E-state index in [0.29, 0.717) is 12.2 Å². The number of ether oxygens (including phenoxy) is 2. The van der Waals surface area contributed by atoms with Crippen LogP contribution >= 0.6 is 0 Å². The van der Waals surface area contributed by atoms with Gasteiger partial charge in [-0.25, -0.2) is 9.97 Å². The third-order valence-electron chi connectivity index (χ3n) is 6.03. The zero-order chi connectivity index (χ0) is 21.4. The molecule has 4 heterocycles. The Balaban J connectivity index is 1.68. The Morgan fingerprint density at radius 2 is 1.97 bits per heavy atom. The summed E-state index contributed by atoms with van der Waals surface area (Å²) in [6, 6.07) is 8.05. The number of imidazole rings is 1. The molecule has 0 atom stereocenters. The van der Waals surface area contributed by atoms with Crippen molar-refractivity contribution in [3.05, 3.63) is 36.3 Å². The second kappa shape index (κ2) is 8.28. The quantitative estimate of drug-likeness (QED) is 0.478. The number of hydrogen-bond acceptors (Lipinski definition) is 5. The van der Waals surface area contributed by atoms with Crippen LogP contribution in [0.1, 0.15) is 26.1 Å². The minimum atomic E-state index is -0.258. The molecular weight excluding hydrogens is 394 g/mol. The molecule has 1 fully saturated rings. The number of benzene rings is 1. The van der Waals surface area contributed by atoms with Crippen LogP contribution in [-0.2, 0) is 22.5 Å². The lowest BCUT2D eigenvalue weighted by molar-refractivity contribution is -0.908. The molecule has 5 rings (SSSR count). The summed E-state index contributed by atoms with van der Waals surface area (Å²) in [6.45, 7) is 9.31. The highest BCUT2D eigenvalue weighted by Gasteiger charge is 2.23. The second-order valence-electron chi connectivity index (χ2n) is 7.97. The number of nitrogens with one attached hydrogen (secondary N) is 1. The van der Waals surface area contributed by atoms with E-state index in [-0.39, 0.29) is 5.97 Å². The molecule has 8 nitrogen and oxygen atoms in total. The minimum absolute atomic E-state index is 0.258. The van der Waals surface area contributed by atoms with Crippen LogP contribution in [0.4, 0.5) is 0 Å². The summed E-state index contributed by atoms with van der Waals surface area (Å²) >= 11 is 0. The summed E-state index contributed by atoms with van der Waals surface area (Å²) in [5.74, 6) is 1.23. The van der Waals surface area contributed by atoms with Crippen molar-refractivity contribution in [1.82, 2.24) is 18.9 Å². The van der Waals surface area contributed by atoms with Crippen LogP contribution in [0.25, 0.3) is 27.7 Å². The van der Waals surface area contributed by atoms with Crippen molar-refractivity contribution < 1.29 is 19.2 Å². The maximum absolute atomic E-state index is 12.2. The number of quaternary nitrogens is 1. The average molecular weight is 423 g/mol. The predicted molar refractivity (Wildman–Crippen MR) is 118 cm³/mol. The molecule has 4 aromatic rings. The number of hydrogen-bond donors (Lipinski definition) is 1. The number of carbonyl (C=O) groups excluding carboxylic acids is 1. The van der Waals surface area contributed by atoms with E-state index in [9.17, 15) is 4.79 Å². The van der Waals surface area contributed by atoms with Crippen LogP contribution in [-0.4, -0.2) is 57.8 Å². The van der Waals surface area contributed by atoms with Gasteiger partial charge in [-0.05, 0) is 12.1 Å². The fraction of sp³-hybridized carbons (Fsp3) is 0.435. The Morgan fingerprint density at radius 1 is 1.16 bits per heavy atom. The van der Waals surface area contributed by atoms with Gasteiger partial charge in [0.25, 0.3) is 0 Å². The van der Waals surface area contributed by atoms with Crippen LogP contribution in [0.15, 0.2) is 30.5 Å². The Morgan fingerprint density at radius 3 is 2.74 bits per heavy atom. The van der Waals surface area contributed by atoms with Gasteiger partial charge in [-0.3, -0.25) is 9.20 Å². The van der Waals surface area contributed by atoms with Crippen molar-refractivity contribution in [1.29, 1.82) is 0 Å². The van der Waals surface area contributed by atoms with Gasteiger partial charge in [0.2, 0.25) is 0 Å². The van der Waals surface area contributed by atoms with Crippen molar-refractivity contribution in [3.8, 4) is 5.75 Å². The highest BCUT2D eigenvalue weighted by Crippen LogP contribution is 2.33. The molecule has 8 heteroatoms. The molecule has 3 aromatic heterocycles. The van der Waals surface area contributed by atoms with Crippen LogP contribution in [0.2, 0.25) is 0 Å². The molecule has 0 amide bonds. The van der Waals surface area contributed by atoms with Gasteiger partial charge in [0, 0.05) is 19.0 Å². The van der Waals surface area contributed by atoms with Crippen LogP contribution in [0, 0.1) is 0 Å². The molecule has 31 heavy (non-hydrogen) atoms. The predicted octanol–water partition coefficient (Wildman–Crippen LogP) is 1.63. The molecule has 0 unspecified atom stereocenters. The zero-order valence-corrected chi connectivity index (χ0v) is 18.1. The van der Waals surface area contributed by atoms with E-state index in [1.807, 2.05) is 24.4 Å². The van der Waals surface area contributed by atoms with Crippen LogP contribution in [0.3, 0.4) is 0 Å². The number of aryl methyl sites for hydroxylation is 1. The summed E-state index contributed by atoms with van der Waals surface area (Å²) in [5, 5.41) is 0.798. The van der Waals surface area contributed by atoms with Gasteiger partial charge in [-0.15, -0.1) is 0 Å². The van der Waals surface area contributed by atoms with Crippen molar-refractivity contribution in [3.63, 3.8) is 0 Å². The molecular formula is C23H28N5O3+. The Kier molecular flexibility index (Phi) is 5.33. The molecule has 1 N–H and O–H groups in total. The van der Waals surface area contributed by atoms with Gasteiger partial charge in [-0.2, -0.15) is 0 Å². The highest BCUT2D eigenvalue weighted by atomic mass is 16.5. The summed E-state index contributed by atoms with van der Waals surface area (Å²) in [4.78, 5) is 23.6. The molecule has 0 spiro atoms. The monoisotopic (exact) mass is 422 g/mol. The number of nitrogens with zero attached hydrogens (tertiary/aromatic N) is 4. The topological polar surface area (TPSA) is 75.1 Å². The van der Waals surface area contributed by atoms with E-state index in [0.717, 1.165) is 79.4 Å². The third kappa shape index (κ3) is 3.55. The standard InChI is InChI=1S/C23H27N5O3/c1-3-19-25-22-21(23-24-16-7-5-6-8-17(16)28(19)23)18(31-20(29)4-2)15-27(22)10-9-26-11-13-30-14-12-26/h5-8,15H,3-4,9-14H2,1-2H3/p+1. The number of carbonyl (C=O) groups is 1. The zero-order valence-electron chi connectivity index (χ0n) is 18.1. The molecule has 1 aliphatic rings. The van der Waals surface area contributed by atoms with Crippen molar-refractivity contribution in [2.75, 3.05) is 32.8 Å². The van der Waals surface area contributed by atoms with E-state index in [4.69, 9.17) is 19.4 Å². The maximum Gasteiger partial charge on any atom is 0.310 e. The summed E-state index contributed by atoms with van der Waals surface area (Å²) in [7, 11) is 0. The van der Waals surface area contributed by atoms with E-state index in [2.05, 4.69) is 22.0 Å². The Bertz CT molecular complexity index is 1250. The number of aromatic nitrogens is 4. The largest absolute Gasteiger partial charge is 0.424 e. The van der Waals surface area contributed by atoms with E-state index < -0.39 is 0 Å². The number of fused-ring (bicyclic) bond motifs is 5. The number of rotatable bonds is 6. The molecule has 162 valence electrons. The number of esters is 1.